The van der Waals surface area contributed by atoms with Crippen LogP contribution >= 0.6 is 0 Å². The van der Waals surface area contributed by atoms with Gasteiger partial charge in [0.05, 0.1) is 25.7 Å². The molecular weight excluding hydrogens is 286 g/mol. The molecule has 6 heteroatoms. The Morgan fingerprint density at radius 1 is 1.41 bits per heavy atom. The number of carbonyl (C=O) groups is 2. The van der Waals surface area contributed by atoms with Crippen molar-refractivity contribution in [1.29, 1.82) is 0 Å². The molecule has 1 unspecified atom stereocenters. The first-order valence-corrected chi connectivity index (χ1v) is 7.26. The van der Waals surface area contributed by atoms with Crippen LogP contribution in [-0.4, -0.2) is 54.3 Å². The molecule has 1 aliphatic heterocycles. The van der Waals surface area contributed by atoms with E-state index >= 15 is 0 Å². The molecule has 1 aliphatic rings. The molecule has 6 nitrogen and oxygen atoms in total. The molecule has 1 saturated heterocycles. The van der Waals surface area contributed by atoms with Crippen LogP contribution < -0.4 is 4.74 Å². The van der Waals surface area contributed by atoms with Crippen LogP contribution in [0.3, 0.4) is 0 Å². The van der Waals surface area contributed by atoms with E-state index in [9.17, 15) is 9.59 Å². The van der Waals surface area contributed by atoms with Crippen LogP contribution in [0.1, 0.15) is 17.5 Å². The summed E-state index contributed by atoms with van der Waals surface area (Å²) < 4.78 is 10.8. The van der Waals surface area contributed by atoms with Crippen molar-refractivity contribution in [3.8, 4) is 5.75 Å². The smallest absolute Gasteiger partial charge is 0.305 e. The van der Waals surface area contributed by atoms with Crippen molar-refractivity contribution in [3.05, 3.63) is 29.3 Å². The number of amides is 1. The first kappa shape index (κ1) is 16.3. The summed E-state index contributed by atoms with van der Waals surface area (Å²) in [6.45, 7) is 4.89. The van der Waals surface area contributed by atoms with Crippen LogP contribution in [0.5, 0.6) is 5.75 Å². The molecular formula is C16H21NO5. The van der Waals surface area contributed by atoms with E-state index < -0.39 is 12.0 Å². The van der Waals surface area contributed by atoms with Gasteiger partial charge in [-0.05, 0) is 25.5 Å². The van der Waals surface area contributed by atoms with Gasteiger partial charge in [-0.15, -0.1) is 0 Å². The highest BCUT2D eigenvalue weighted by atomic mass is 16.5. The molecule has 0 bridgehead atoms. The van der Waals surface area contributed by atoms with Gasteiger partial charge in [-0.2, -0.15) is 0 Å². The van der Waals surface area contributed by atoms with Crippen molar-refractivity contribution in [2.45, 2.75) is 26.3 Å². The summed E-state index contributed by atoms with van der Waals surface area (Å²) >= 11 is 0. The van der Waals surface area contributed by atoms with Crippen LogP contribution in [-0.2, 0) is 14.3 Å². The van der Waals surface area contributed by atoms with E-state index in [1.807, 2.05) is 32.0 Å². The Kier molecular flexibility index (Phi) is 5.38. The minimum absolute atomic E-state index is 0.0972. The van der Waals surface area contributed by atoms with E-state index in [1.165, 1.54) is 0 Å². The third-order valence-electron chi connectivity index (χ3n) is 3.64. The van der Waals surface area contributed by atoms with Gasteiger partial charge in [-0.3, -0.25) is 9.59 Å². The number of rotatable bonds is 5. The Hall–Kier alpha value is -2.08. The van der Waals surface area contributed by atoms with Crippen molar-refractivity contribution in [3.63, 3.8) is 0 Å². The predicted octanol–water partition coefficient (Wildman–Crippen LogP) is 1.38. The van der Waals surface area contributed by atoms with Crippen molar-refractivity contribution in [1.82, 2.24) is 4.90 Å². The average molecular weight is 307 g/mol. The normalized spacial score (nSPS) is 18.1. The van der Waals surface area contributed by atoms with Crippen LogP contribution in [0.25, 0.3) is 0 Å². The Morgan fingerprint density at radius 3 is 2.86 bits per heavy atom. The molecule has 1 amide bonds. The Balaban J connectivity index is 1.96. The minimum Gasteiger partial charge on any atom is -0.484 e. The van der Waals surface area contributed by atoms with Crippen molar-refractivity contribution in [2.24, 2.45) is 0 Å². The molecule has 1 aromatic carbocycles. The van der Waals surface area contributed by atoms with Crippen molar-refractivity contribution >= 4 is 11.9 Å². The zero-order chi connectivity index (χ0) is 16.1. The SMILES string of the molecule is Cc1ccc(OCC(=O)N2CCOCC2CC(=O)O)c(C)c1. The van der Waals surface area contributed by atoms with Gasteiger partial charge < -0.3 is 19.5 Å². The van der Waals surface area contributed by atoms with Gasteiger partial charge in [0, 0.05) is 6.54 Å². The standard InChI is InChI=1S/C16H21NO5/c1-11-3-4-14(12(2)7-11)22-10-15(18)17-5-6-21-9-13(17)8-16(19)20/h3-4,7,13H,5-6,8-10H2,1-2H3,(H,19,20). The van der Waals surface area contributed by atoms with Crippen molar-refractivity contribution in [2.75, 3.05) is 26.4 Å². The third-order valence-corrected chi connectivity index (χ3v) is 3.64. The lowest BCUT2D eigenvalue weighted by atomic mass is 10.1. The fourth-order valence-corrected chi connectivity index (χ4v) is 2.54. The summed E-state index contributed by atoms with van der Waals surface area (Å²) in [6, 6.07) is 5.32. The fourth-order valence-electron chi connectivity index (χ4n) is 2.54. The predicted molar refractivity (Wildman–Crippen MR) is 80.0 cm³/mol. The summed E-state index contributed by atoms with van der Waals surface area (Å²) in [7, 11) is 0. The lowest BCUT2D eigenvalue weighted by molar-refractivity contribution is -0.147. The number of aliphatic carboxylic acids is 1. The van der Waals surface area contributed by atoms with E-state index in [0.717, 1.165) is 11.1 Å². The highest BCUT2D eigenvalue weighted by Gasteiger charge is 2.29. The quantitative estimate of drug-likeness (QED) is 0.889. The van der Waals surface area contributed by atoms with Crippen LogP contribution in [0, 0.1) is 13.8 Å². The van der Waals surface area contributed by atoms with Gasteiger partial charge in [0.15, 0.2) is 6.61 Å². The van der Waals surface area contributed by atoms with Crippen LogP contribution in [0.4, 0.5) is 0 Å². The Labute approximate surface area is 129 Å². The van der Waals surface area contributed by atoms with Crippen molar-refractivity contribution < 1.29 is 24.2 Å². The number of hydrogen-bond donors (Lipinski definition) is 1. The molecule has 0 saturated carbocycles. The fraction of sp³-hybridized carbons (Fsp3) is 0.500. The summed E-state index contributed by atoms with van der Waals surface area (Å²) in [5, 5.41) is 8.91. The van der Waals surface area contributed by atoms with Crippen LogP contribution in [0.2, 0.25) is 0 Å². The lowest BCUT2D eigenvalue weighted by Gasteiger charge is -2.34. The number of nitrogens with zero attached hydrogens (tertiary/aromatic N) is 1. The number of carboxylic acids is 1. The van der Waals surface area contributed by atoms with E-state index in [2.05, 4.69) is 0 Å². The molecule has 2 rings (SSSR count). The number of aryl methyl sites for hydroxylation is 2. The summed E-state index contributed by atoms with van der Waals surface area (Å²) in [5.74, 6) is -0.486. The summed E-state index contributed by atoms with van der Waals surface area (Å²) in [4.78, 5) is 24.7. The third kappa shape index (κ3) is 4.21. The van der Waals surface area contributed by atoms with Gasteiger partial charge >= 0.3 is 5.97 Å². The Bertz CT molecular complexity index is 557. The molecule has 1 atom stereocenters. The maximum atomic E-state index is 12.3. The molecule has 1 fully saturated rings. The second kappa shape index (κ2) is 7.26. The largest absolute Gasteiger partial charge is 0.484 e. The van der Waals surface area contributed by atoms with Crippen LogP contribution in [0.15, 0.2) is 18.2 Å². The Morgan fingerprint density at radius 2 is 2.18 bits per heavy atom. The van der Waals surface area contributed by atoms with E-state index in [4.69, 9.17) is 14.6 Å². The first-order chi connectivity index (χ1) is 10.5. The van der Waals surface area contributed by atoms with Gasteiger partial charge in [-0.25, -0.2) is 0 Å². The topological polar surface area (TPSA) is 76.1 Å². The molecule has 0 radical (unpaired) electrons. The maximum Gasteiger partial charge on any atom is 0.305 e. The highest BCUT2D eigenvalue weighted by Crippen LogP contribution is 2.19. The van der Waals surface area contributed by atoms with Gasteiger partial charge in [-0.1, -0.05) is 17.7 Å². The van der Waals surface area contributed by atoms with Gasteiger partial charge in [0.2, 0.25) is 0 Å². The number of ether oxygens (including phenoxy) is 2. The van der Waals surface area contributed by atoms with E-state index in [-0.39, 0.29) is 25.5 Å². The lowest BCUT2D eigenvalue weighted by Crippen LogP contribution is -2.51. The van der Waals surface area contributed by atoms with Gasteiger partial charge in [0.25, 0.3) is 5.91 Å². The molecule has 120 valence electrons. The molecule has 1 heterocycles. The van der Waals surface area contributed by atoms with E-state index in [1.54, 1.807) is 4.90 Å². The van der Waals surface area contributed by atoms with E-state index in [0.29, 0.717) is 18.9 Å². The zero-order valence-corrected chi connectivity index (χ0v) is 12.9. The molecule has 0 aliphatic carbocycles. The molecule has 0 aromatic heterocycles. The number of morpholine rings is 1. The second-order valence-corrected chi connectivity index (χ2v) is 5.47. The molecule has 0 spiro atoms. The average Bonchev–Trinajstić information content (AvgIpc) is 2.46. The zero-order valence-electron chi connectivity index (χ0n) is 12.9. The minimum atomic E-state index is -0.941. The van der Waals surface area contributed by atoms with Gasteiger partial charge in [0.1, 0.15) is 5.75 Å². The number of carbonyl (C=O) groups excluding carboxylic acids is 1. The number of benzene rings is 1. The number of carboxylic acid groups (broad SMARTS) is 1. The molecule has 1 aromatic rings. The maximum absolute atomic E-state index is 12.3. The number of hydrogen-bond acceptors (Lipinski definition) is 4. The second-order valence-electron chi connectivity index (χ2n) is 5.47. The highest BCUT2D eigenvalue weighted by molar-refractivity contribution is 5.79. The molecule has 22 heavy (non-hydrogen) atoms. The summed E-state index contributed by atoms with van der Waals surface area (Å²) in [5.41, 5.74) is 2.10. The monoisotopic (exact) mass is 307 g/mol. The molecule has 1 N–H and O–H groups in total. The first-order valence-electron chi connectivity index (χ1n) is 7.26. The summed E-state index contributed by atoms with van der Waals surface area (Å²) in [6.07, 6.45) is -0.116.